The number of unbranched alkanes of at least 4 members (excludes halogenated alkanes) is 1. The second-order valence-corrected chi connectivity index (χ2v) is 9.45. The molecule has 2 aliphatic carbocycles. The topological polar surface area (TPSA) is 31.4 Å². The molecule has 2 aliphatic rings. The fraction of sp³-hybridized carbons (Fsp3) is 0.370. The fourth-order valence-electron chi connectivity index (χ4n) is 4.66. The number of aromatic nitrogens is 1. The Balaban J connectivity index is 1.37. The van der Waals surface area contributed by atoms with Gasteiger partial charge in [-0.2, -0.15) is 0 Å². The van der Waals surface area contributed by atoms with Gasteiger partial charge in [-0.25, -0.2) is 13.8 Å². The third-order valence-electron chi connectivity index (χ3n) is 6.64. The smallest absolute Gasteiger partial charge is 0.213 e. The zero-order valence-electron chi connectivity index (χ0n) is 18.8. The van der Waals surface area contributed by atoms with Crippen LogP contribution in [0.3, 0.4) is 0 Å². The third-order valence-corrected chi connectivity index (χ3v) is 6.95. The van der Waals surface area contributed by atoms with E-state index in [1.807, 2.05) is 19.2 Å². The van der Waals surface area contributed by atoms with Gasteiger partial charge in [-0.05, 0) is 84.5 Å². The van der Waals surface area contributed by atoms with Gasteiger partial charge in [0.25, 0.3) is 0 Å². The first kappa shape index (κ1) is 22.1. The van der Waals surface area contributed by atoms with Gasteiger partial charge in [-0.1, -0.05) is 24.9 Å². The van der Waals surface area contributed by atoms with E-state index in [0.717, 1.165) is 30.7 Å². The van der Waals surface area contributed by atoms with Crippen LogP contribution in [0.5, 0.6) is 11.6 Å². The van der Waals surface area contributed by atoms with E-state index in [0.29, 0.717) is 35.1 Å². The number of hydrogen-bond donors (Lipinski definition) is 0. The highest BCUT2D eigenvalue weighted by Crippen LogP contribution is 2.56. The van der Waals surface area contributed by atoms with Gasteiger partial charge in [0, 0.05) is 23.4 Å². The molecule has 0 N–H and O–H groups in total. The number of ether oxygens (including phenoxy) is 2. The van der Waals surface area contributed by atoms with Gasteiger partial charge in [-0.15, -0.1) is 0 Å². The van der Waals surface area contributed by atoms with Crippen LogP contribution in [-0.2, 0) is 13.0 Å². The Morgan fingerprint density at radius 2 is 1.91 bits per heavy atom. The van der Waals surface area contributed by atoms with Crippen molar-refractivity contribution in [3.05, 3.63) is 75.4 Å². The van der Waals surface area contributed by atoms with Gasteiger partial charge in [0.05, 0.1) is 11.6 Å². The molecule has 2 unspecified atom stereocenters. The lowest BCUT2D eigenvalue weighted by Gasteiger charge is -2.15. The molecule has 172 valence electrons. The minimum Gasteiger partial charge on any atom is -0.491 e. The predicted octanol–water partition coefficient (Wildman–Crippen LogP) is 7.41. The summed E-state index contributed by atoms with van der Waals surface area (Å²) in [5, 5.41) is 0.216. The number of halogens is 3. The summed E-state index contributed by atoms with van der Waals surface area (Å²) in [5.41, 5.74) is 4.88. The molecule has 1 aromatic heterocycles. The maximum absolute atomic E-state index is 14.7. The third kappa shape index (κ3) is 4.43. The van der Waals surface area contributed by atoms with Crippen molar-refractivity contribution in [2.75, 3.05) is 6.61 Å². The molecule has 2 aromatic carbocycles. The van der Waals surface area contributed by atoms with Crippen LogP contribution in [0.2, 0.25) is 5.02 Å². The first-order chi connectivity index (χ1) is 15.9. The van der Waals surface area contributed by atoms with Crippen molar-refractivity contribution in [1.82, 2.24) is 4.98 Å². The number of benzene rings is 2. The summed E-state index contributed by atoms with van der Waals surface area (Å²) in [5.74, 6) is 1.20. The Labute approximate surface area is 197 Å². The molecule has 3 nitrogen and oxygen atoms in total. The Kier molecular flexibility index (Phi) is 6.00. The zero-order chi connectivity index (χ0) is 23.1. The summed E-state index contributed by atoms with van der Waals surface area (Å²) in [6.45, 7) is 4.38. The van der Waals surface area contributed by atoms with Crippen molar-refractivity contribution in [2.45, 2.75) is 52.1 Å². The average molecular weight is 470 g/mol. The fourth-order valence-corrected chi connectivity index (χ4v) is 4.91. The normalized spacial score (nSPS) is 18.1. The van der Waals surface area contributed by atoms with Crippen molar-refractivity contribution in [3.8, 4) is 22.8 Å². The highest BCUT2D eigenvalue weighted by molar-refractivity contribution is 6.33. The molecule has 0 bridgehead atoms. The first-order valence-corrected chi connectivity index (χ1v) is 11.8. The minimum absolute atomic E-state index is 0.00832. The van der Waals surface area contributed by atoms with E-state index in [2.05, 4.69) is 11.9 Å². The quantitative estimate of drug-likeness (QED) is 0.322. The number of rotatable bonds is 8. The van der Waals surface area contributed by atoms with Gasteiger partial charge >= 0.3 is 0 Å². The Hall–Kier alpha value is -2.66. The summed E-state index contributed by atoms with van der Waals surface area (Å²) in [6.07, 6.45) is 6.05. The Morgan fingerprint density at radius 1 is 1.06 bits per heavy atom. The van der Waals surface area contributed by atoms with Gasteiger partial charge in [0.1, 0.15) is 12.4 Å². The summed E-state index contributed by atoms with van der Waals surface area (Å²) in [4.78, 5) is 4.40. The van der Waals surface area contributed by atoms with Gasteiger partial charge in [0.2, 0.25) is 5.88 Å². The van der Waals surface area contributed by atoms with Crippen LogP contribution in [0, 0.1) is 24.5 Å². The van der Waals surface area contributed by atoms with Crippen LogP contribution in [0.25, 0.3) is 11.1 Å². The zero-order valence-corrected chi connectivity index (χ0v) is 19.5. The maximum atomic E-state index is 14.7. The molecule has 1 saturated carbocycles. The summed E-state index contributed by atoms with van der Waals surface area (Å²) >= 11 is 6.35. The van der Waals surface area contributed by atoms with Gasteiger partial charge in [0.15, 0.2) is 11.6 Å². The molecule has 1 fully saturated rings. The molecule has 0 aliphatic heterocycles. The van der Waals surface area contributed by atoms with Crippen molar-refractivity contribution in [3.63, 3.8) is 0 Å². The summed E-state index contributed by atoms with van der Waals surface area (Å²) in [6, 6.07) is 7.90. The minimum atomic E-state index is -0.469. The van der Waals surface area contributed by atoms with Crippen molar-refractivity contribution < 1.29 is 18.3 Å². The Morgan fingerprint density at radius 3 is 2.73 bits per heavy atom. The highest BCUT2D eigenvalue weighted by Gasteiger charge is 2.45. The number of nitrogens with zero attached hydrogens (tertiary/aromatic N) is 1. The molecule has 5 rings (SSSR count). The lowest BCUT2D eigenvalue weighted by Crippen LogP contribution is -2.03. The van der Waals surface area contributed by atoms with E-state index in [4.69, 9.17) is 21.1 Å². The molecular formula is C27H26ClF2NO2. The maximum Gasteiger partial charge on any atom is 0.213 e. The van der Waals surface area contributed by atoms with Crippen LogP contribution in [0.4, 0.5) is 8.78 Å². The second kappa shape index (κ2) is 8.94. The van der Waals surface area contributed by atoms with Crippen LogP contribution >= 0.6 is 11.6 Å². The SMILES string of the molecule is CCCCOc1cc(C)c(-c2cc(COc3cc4c(cn3)C3CC3C4)c(F)cc2Cl)cc1F. The van der Waals surface area contributed by atoms with Crippen molar-refractivity contribution >= 4 is 11.6 Å². The highest BCUT2D eigenvalue weighted by atomic mass is 35.5. The van der Waals surface area contributed by atoms with Crippen LogP contribution < -0.4 is 9.47 Å². The monoisotopic (exact) mass is 469 g/mol. The van der Waals surface area contributed by atoms with E-state index in [1.54, 1.807) is 12.1 Å². The van der Waals surface area contributed by atoms with Crippen LogP contribution in [0.1, 0.15) is 54.4 Å². The second-order valence-electron chi connectivity index (χ2n) is 9.04. The van der Waals surface area contributed by atoms with Gasteiger partial charge < -0.3 is 9.47 Å². The number of hydrogen-bond acceptors (Lipinski definition) is 3. The molecular weight excluding hydrogens is 444 g/mol. The number of aryl methyl sites for hydroxylation is 1. The van der Waals surface area contributed by atoms with E-state index in [1.165, 1.54) is 29.7 Å². The standard InChI is InChI=1S/C27H26ClF2NO2/c1-3-4-5-32-26-6-15(2)19(11-25(26)30)21-9-18(24(29)12-23(21)28)14-33-27-10-17-7-16-8-20(16)22(17)13-31-27/h6,9-13,16,20H,3-5,7-8,14H2,1-2H3. The summed E-state index contributed by atoms with van der Waals surface area (Å²) < 4.78 is 40.7. The predicted molar refractivity (Wildman–Crippen MR) is 125 cm³/mol. The lowest BCUT2D eigenvalue weighted by atomic mass is 9.98. The molecule has 3 aromatic rings. The largest absolute Gasteiger partial charge is 0.491 e. The molecule has 0 spiro atoms. The molecule has 0 radical (unpaired) electrons. The first-order valence-electron chi connectivity index (χ1n) is 11.5. The Bertz CT molecular complexity index is 1210. The van der Waals surface area contributed by atoms with Crippen LogP contribution in [0.15, 0.2) is 36.5 Å². The van der Waals surface area contributed by atoms with E-state index in [9.17, 15) is 8.78 Å². The average Bonchev–Trinajstić information content (AvgIpc) is 3.46. The van der Waals surface area contributed by atoms with Crippen molar-refractivity contribution in [2.24, 2.45) is 5.92 Å². The molecule has 0 saturated heterocycles. The molecule has 1 heterocycles. The summed E-state index contributed by atoms with van der Waals surface area (Å²) in [7, 11) is 0. The molecule has 6 heteroatoms. The molecule has 33 heavy (non-hydrogen) atoms. The van der Waals surface area contributed by atoms with Crippen molar-refractivity contribution in [1.29, 1.82) is 0 Å². The van der Waals surface area contributed by atoms with E-state index >= 15 is 0 Å². The van der Waals surface area contributed by atoms with Crippen LogP contribution in [-0.4, -0.2) is 11.6 Å². The number of pyridine rings is 1. The molecule has 0 amide bonds. The van der Waals surface area contributed by atoms with Gasteiger partial charge in [-0.3, -0.25) is 0 Å². The van der Waals surface area contributed by atoms with E-state index in [-0.39, 0.29) is 17.4 Å². The van der Waals surface area contributed by atoms with E-state index < -0.39 is 11.6 Å². The lowest BCUT2D eigenvalue weighted by molar-refractivity contribution is 0.287. The number of fused-ring (bicyclic) bond motifs is 3. The molecule has 2 atom stereocenters.